The predicted molar refractivity (Wildman–Crippen MR) is 84.8 cm³/mol. The van der Waals surface area contributed by atoms with E-state index in [2.05, 4.69) is 4.98 Å². The average molecular weight is 315 g/mol. The summed E-state index contributed by atoms with van der Waals surface area (Å²) in [6.45, 7) is 2.91. The molecule has 1 N–H and O–H groups in total. The molecule has 1 unspecified atom stereocenters. The van der Waals surface area contributed by atoms with Gasteiger partial charge in [0.2, 0.25) is 0 Å². The summed E-state index contributed by atoms with van der Waals surface area (Å²) in [7, 11) is 1.98. The minimum atomic E-state index is -0.575. The number of benzene rings is 1. The zero-order valence-electron chi connectivity index (χ0n) is 13.4. The number of fused-ring (bicyclic) bond motifs is 1. The second-order valence-electron chi connectivity index (χ2n) is 5.82. The van der Waals surface area contributed by atoms with Crippen molar-refractivity contribution in [2.24, 2.45) is 7.05 Å². The molecule has 1 aromatic carbocycles. The van der Waals surface area contributed by atoms with Crippen LogP contribution in [0.3, 0.4) is 0 Å². The molecular weight excluding hydrogens is 294 g/mol. The molecule has 1 atom stereocenters. The lowest BCUT2D eigenvalue weighted by Crippen LogP contribution is -2.43. The number of ether oxygens (including phenoxy) is 1. The van der Waals surface area contributed by atoms with Crippen molar-refractivity contribution in [3.05, 3.63) is 47.5 Å². The Morgan fingerprint density at radius 2 is 2.30 bits per heavy atom. The number of amides is 1. The van der Waals surface area contributed by atoms with Crippen LogP contribution in [-0.2, 0) is 31.4 Å². The van der Waals surface area contributed by atoms with Gasteiger partial charge in [0.1, 0.15) is 5.75 Å². The third kappa shape index (κ3) is 3.22. The molecule has 6 heteroatoms. The monoisotopic (exact) mass is 315 g/mol. The normalized spacial score (nSPS) is 15.2. The van der Waals surface area contributed by atoms with E-state index in [9.17, 15) is 4.79 Å². The highest BCUT2D eigenvalue weighted by Gasteiger charge is 2.27. The summed E-state index contributed by atoms with van der Waals surface area (Å²) in [5, 5.41) is 9.16. The van der Waals surface area contributed by atoms with Gasteiger partial charge in [0, 0.05) is 25.7 Å². The van der Waals surface area contributed by atoms with Crippen LogP contribution < -0.4 is 4.74 Å². The van der Waals surface area contributed by atoms with Gasteiger partial charge in [-0.2, -0.15) is 0 Å². The first-order valence-corrected chi connectivity index (χ1v) is 7.73. The van der Waals surface area contributed by atoms with E-state index < -0.39 is 6.10 Å². The molecule has 0 spiro atoms. The molecule has 0 bridgehead atoms. The molecular formula is C17H21N3O3. The highest BCUT2D eigenvalue weighted by atomic mass is 16.5. The van der Waals surface area contributed by atoms with Gasteiger partial charge in [0.15, 0.2) is 6.10 Å². The number of imidazole rings is 1. The first-order chi connectivity index (χ1) is 11.1. The second kappa shape index (κ2) is 6.42. The van der Waals surface area contributed by atoms with E-state index in [0.717, 1.165) is 17.7 Å². The van der Waals surface area contributed by atoms with Gasteiger partial charge in [0.25, 0.3) is 5.91 Å². The van der Waals surface area contributed by atoms with Crippen molar-refractivity contribution < 1.29 is 14.6 Å². The fraction of sp³-hybridized carbons (Fsp3) is 0.412. The minimum Gasteiger partial charge on any atom is -0.481 e. The maximum Gasteiger partial charge on any atom is 0.263 e. The van der Waals surface area contributed by atoms with Crippen molar-refractivity contribution in [2.45, 2.75) is 32.6 Å². The Hall–Kier alpha value is -2.34. The number of aliphatic hydroxyl groups is 1. The third-order valence-electron chi connectivity index (χ3n) is 4.16. The topological polar surface area (TPSA) is 67.6 Å². The van der Waals surface area contributed by atoms with Crippen molar-refractivity contribution in [1.82, 2.24) is 14.5 Å². The summed E-state index contributed by atoms with van der Waals surface area (Å²) < 4.78 is 7.75. The van der Waals surface area contributed by atoms with Crippen LogP contribution >= 0.6 is 0 Å². The zero-order chi connectivity index (χ0) is 16.4. The number of carbonyl (C=O) groups is 1. The number of aliphatic hydroxyl groups excluding tert-OH is 1. The van der Waals surface area contributed by atoms with Gasteiger partial charge in [-0.05, 0) is 24.6 Å². The van der Waals surface area contributed by atoms with Crippen molar-refractivity contribution in [3.8, 4) is 5.75 Å². The Bertz CT molecular complexity index is 711. The van der Waals surface area contributed by atoms with Crippen LogP contribution in [0.25, 0.3) is 0 Å². The number of hydrogen-bond acceptors (Lipinski definition) is 4. The quantitative estimate of drug-likeness (QED) is 0.922. The van der Waals surface area contributed by atoms with E-state index >= 15 is 0 Å². The average Bonchev–Trinajstić information content (AvgIpc) is 2.95. The molecule has 0 radical (unpaired) electrons. The van der Waals surface area contributed by atoms with Gasteiger partial charge in [-0.25, -0.2) is 4.98 Å². The highest BCUT2D eigenvalue weighted by molar-refractivity contribution is 5.81. The van der Waals surface area contributed by atoms with Gasteiger partial charge in [-0.3, -0.25) is 4.79 Å². The van der Waals surface area contributed by atoms with Gasteiger partial charge in [0.05, 0.1) is 25.2 Å². The molecule has 2 aromatic rings. The standard InChI is InChI=1S/C17H21N3O3/c1-12(23-14-5-3-4-13(8-14)10-21)17(22)20-7-6-16-15(9-20)18-11-19(16)2/h3-5,8,11-12,21H,6-7,9-10H2,1-2H3. The minimum absolute atomic E-state index is 0.0456. The number of nitrogens with zero attached hydrogens (tertiary/aromatic N) is 3. The molecule has 2 heterocycles. The molecule has 1 aromatic heterocycles. The van der Waals surface area contributed by atoms with Crippen LogP contribution in [0.15, 0.2) is 30.6 Å². The van der Waals surface area contributed by atoms with Gasteiger partial charge >= 0.3 is 0 Å². The SMILES string of the molecule is CC(Oc1cccc(CO)c1)C(=O)N1CCc2c(ncn2C)C1. The summed E-state index contributed by atoms with van der Waals surface area (Å²) >= 11 is 0. The van der Waals surface area contributed by atoms with E-state index in [1.807, 2.05) is 17.7 Å². The van der Waals surface area contributed by atoms with Crippen LogP contribution in [0.1, 0.15) is 23.9 Å². The van der Waals surface area contributed by atoms with E-state index in [0.29, 0.717) is 18.8 Å². The van der Waals surface area contributed by atoms with Crippen LogP contribution in [-0.4, -0.2) is 38.1 Å². The molecule has 0 saturated carbocycles. The molecule has 6 nitrogen and oxygen atoms in total. The van der Waals surface area contributed by atoms with Crippen molar-refractivity contribution >= 4 is 5.91 Å². The van der Waals surface area contributed by atoms with Gasteiger partial charge in [-0.15, -0.1) is 0 Å². The van der Waals surface area contributed by atoms with Crippen LogP contribution in [0, 0.1) is 0 Å². The fourth-order valence-corrected chi connectivity index (χ4v) is 2.87. The number of carbonyl (C=O) groups excluding carboxylic acids is 1. The molecule has 23 heavy (non-hydrogen) atoms. The fourth-order valence-electron chi connectivity index (χ4n) is 2.87. The Morgan fingerprint density at radius 1 is 1.48 bits per heavy atom. The van der Waals surface area contributed by atoms with Crippen LogP contribution in [0.5, 0.6) is 5.75 Å². The first kappa shape index (κ1) is 15.6. The molecule has 1 aliphatic heterocycles. The maximum absolute atomic E-state index is 12.6. The molecule has 0 fully saturated rings. The first-order valence-electron chi connectivity index (χ1n) is 7.73. The van der Waals surface area contributed by atoms with Crippen molar-refractivity contribution in [3.63, 3.8) is 0 Å². The Morgan fingerprint density at radius 3 is 3.09 bits per heavy atom. The summed E-state index contributed by atoms with van der Waals surface area (Å²) in [6.07, 6.45) is 2.03. The number of rotatable bonds is 4. The molecule has 0 aliphatic carbocycles. The maximum atomic E-state index is 12.6. The smallest absolute Gasteiger partial charge is 0.263 e. The van der Waals surface area contributed by atoms with E-state index in [-0.39, 0.29) is 12.5 Å². The van der Waals surface area contributed by atoms with Crippen LogP contribution in [0.2, 0.25) is 0 Å². The summed E-state index contributed by atoms with van der Waals surface area (Å²) in [5.41, 5.74) is 2.91. The Labute approximate surface area is 135 Å². The summed E-state index contributed by atoms with van der Waals surface area (Å²) in [4.78, 5) is 18.7. The van der Waals surface area contributed by atoms with Crippen molar-refractivity contribution in [1.29, 1.82) is 0 Å². The lowest BCUT2D eigenvalue weighted by Gasteiger charge is -2.29. The largest absolute Gasteiger partial charge is 0.481 e. The number of aromatic nitrogens is 2. The molecule has 0 saturated heterocycles. The molecule has 3 rings (SSSR count). The third-order valence-corrected chi connectivity index (χ3v) is 4.16. The Balaban J connectivity index is 1.66. The zero-order valence-corrected chi connectivity index (χ0v) is 13.4. The lowest BCUT2D eigenvalue weighted by atomic mass is 10.1. The summed E-state index contributed by atoms with van der Waals surface area (Å²) in [6, 6.07) is 7.15. The molecule has 122 valence electrons. The second-order valence-corrected chi connectivity index (χ2v) is 5.82. The van der Waals surface area contributed by atoms with Gasteiger partial charge in [-0.1, -0.05) is 12.1 Å². The predicted octanol–water partition coefficient (Wildman–Crippen LogP) is 1.26. The van der Waals surface area contributed by atoms with Crippen LogP contribution in [0.4, 0.5) is 0 Å². The van der Waals surface area contributed by atoms with Crippen molar-refractivity contribution in [2.75, 3.05) is 6.54 Å². The molecule has 1 aliphatic rings. The lowest BCUT2D eigenvalue weighted by molar-refractivity contribution is -0.139. The van der Waals surface area contributed by atoms with E-state index in [1.54, 1.807) is 36.4 Å². The van der Waals surface area contributed by atoms with E-state index in [1.165, 1.54) is 5.69 Å². The Kier molecular flexibility index (Phi) is 4.34. The number of hydrogen-bond donors (Lipinski definition) is 1. The highest BCUT2D eigenvalue weighted by Crippen LogP contribution is 2.20. The molecule has 1 amide bonds. The summed E-state index contributed by atoms with van der Waals surface area (Å²) in [5.74, 6) is 0.545. The van der Waals surface area contributed by atoms with E-state index in [4.69, 9.17) is 9.84 Å². The number of aryl methyl sites for hydroxylation is 1. The van der Waals surface area contributed by atoms with Gasteiger partial charge < -0.3 is 19.3 Å².